The van der Waals surface area contributed by atoms with Gasteiger partial charge in [-0.15, -0.1) is 11.3 Å². The second kappa shape index (κ2) is 4.66. The highest BCUT2D eigenvalue weighted by molar-refractivity contribution is 7.12. The summed E-state index contributed by atoms with van der Waals surface area (Å²) in [6.07, 6.45) is 0.947. The average molecular weight is 273 g/mol. The van der Waals surface area contributed by atoms with E-state index in [1.165, 1.54) is 20.9 Å². The molecule has 2 aromatic rings. The third kappa shape index (κ3) is 2.28. The summed E-state index contributed by atoms with van der Waals surface area (Å²) in [6.45, 7) is 6.39. The Labute approximate surface area is 118 Å². The molecule has 3 heteroatoms. The van der Waals surface area contributed by atoms with Gasteiger partial charge < -0.3 is 10.5 Å². The summed E-state index contributed by atoms with van der Waals surface area (Å²) < 4.78 is 6.16. The molecule has 1 aromatic carbocycles. The fraction of sp³-hybridized carbons (Fsp3) is 0.375. The van der Waals surface area contributed by atoms with E-state index in [1.807, 2.05) is 17.4 Å². The molecular weight excluding hydrogens is 254 g/mol. The summed E-state index contributed by atoms with van der Waals surface area (Å²) >= 11 is 1.83. The molecule has 19 heavy (non-hydrogen) atoms. The number of ether oxygens (including phenoxy) is 1. The largest absolute Gasteiger partial charge is 0.485 e. The maximum absolute atomic E-state index is 6.32. The van der Waals surface area contributed by atoms with Gasteiger partial charge in [-0.25, -0.2) is 0 Å². The Morgan fingerprint density at radius 3 is 2.63 bits per heavy atom. The average Bonchev–Trinajstić information content (AvgIpc) is 2.69. The quantitative estimate of drug-likeness (QED) is 0.845. The summed E-state index contributed by atoms with van der Waals surface area (Å²) in [6, 6.07) is 8.57. The first kappa shape index (κ1) is 12.7. The van der Waals surface area contributed by atoms with Gasteiger partial charge in [0.25, 0.3) is 0 Å². The van der Waals surface area contributed by atoms with Crippen LogP contribution in [0.5, 0.6) is 5.75 Å². The van der Waals surface area contributed by atoms with Gasteiger partial charge in [0.15, 0.2) is 0 Å². The number of aryl methyl sites for hydroxylation is 3. The van der Waals surface area contributed by atoms with Gasteiger partial charge in [-0.3, -0.25) is 0 Å². The molecule has 2 atom stereocenters. The third-order valence-corrected chi connectivity index (χ3v) is 4.71. The Morgan fingerprint density at radius 2 is 1.95 bits per heavy atom. The molecule has 0 saturated heterocycles. The van der Waals surface area contributed by atoms with Crippen LogP contribution < -0.4 is 10.5 Å². The van der Waals surface area contributed by atoms with Crippen LogP contribution >= 0.6 is 11.3 Å². The monoisotopic (exact) mass is 273 g/mol. The highest BCUT2D eigenvalue weighted by atomic mass is 32.1. The molecule has 2 nitrogen and oxygen atoms in total. The Balaban J connectivity index is 1.97. The number of benzene rings is 1. The zero-order chi connectivity index (χ0) is 13.6. The number of hydrogen-bond acceptors (Lipinski definition) is 3. The van der Waals surface area contributed by atoms with E-state index in [9.17, 15) is 0 Å². The van der Waals surface area contributed by atoms with E-state index in [2.05, 4.69) is 39.0 Å². The predicted molar refractivity (Wildman–Crippen MR) is 79.9 cm³/mol. The Morgan fingerprint density at radius 1 is 1.16 bits per heavy atom. The first-order valence-corrected chi connectivity index (χ1v) is 7.46. The van der Waals surface area contributed by atoms with Crippen molar-refractivity contribution in [3.8, 4) is 5.75 Å². The number of hydrogen-bond donors (Lipinski definition) is 1. The van der Waals surface area contributed by atoms with Crippen molar-refractivity contribution in [2.24, 2.45) is 5.73 Å². The van der Waals surface area contributed by atoms with Crippen molar-refractivity contribution in [2.75, 3.05) is 0 Å². The van der Waals surface area contributed by atoms with Crippen LogP contribution in [-0.4, -0.2) is 0 Å². The summed E-state index contributed by atoms with van der Waals surface area (Å²) in [7, 11) is 0. The molecule has 2 N–H and O–H groups in total. The highest BCUT2D eigenvalue weighted by Crippen LogP contribution is 2.42. The van der Waals surface area contributed by atoms with Crippen LogP contribution in [0.2, 0.25) is 0 Å². The predicted octanol–water partition coefficient (Wildman–Crippen LogP) is 4.20. The van der Waals surface area contributed by atoms with E-state index in [-0.39, 0.29) is 12.1 Å². The van der Waals surface area contributed by atoms with Crippen molar-refractivity contribution >= 4 is 11.3 Å². The maximum Gasteiger partial charge on any atom is 0.127 e. The van der Waals surface area contributed by atoms with Crippen LogP contribution in [0.4, 0.5) is 0 Å². The van der Waals surface area contributed by atoms with E-state index in [1.54, 1.807) is 0 Å². The topological polar surface area (TPSA) is 35.2 Å². The summed E-state index contributed by atoms with van der Waals surface area (Å²) in [5.41, 5.74) is 9.99. The van der Waals surface area contributed by atoms with Gasteiger partial charge in [0.2, 0.25) is 0 Å². The molecule has 1 aliphatic heterocycles. The van der Waals surface area contributed by atoms with Crippen molar-refractivity contribution in [2.45, 2.75) is 39.3 Å². The first-order valence-electron chi connectivity index (χ1n) is 6.64. The molecule has 100 valence electrons. The SMILES string of the molecule is Cc1ccc2c(c1)[C@H](N)CC(c1cc(C)sc1C)O2. The highest BCUT2D eigenvalue weighted by Gasteiger charge is 2.28. The minimum Gasteiger partial charge on any atom is -0.485 e. The second-order valence-electron chi connectivity index (χ2n) is 5.36. The molecule has 0 radical (unpaired) electrons. The standard InChI is InChI=1S/C16H19NOS/c1-9-4-5-15-13(6-9)14(17)8-16(18-15)12-7-10(2)19-11(12)3/h4-7,14,16H,8,17H2,1-3H3/t14-,16?/m1/s1. The zero-order valence-corrected chi connectivity index (χ0v) is 12.4. The molecular formula is C16H19NOS. The van der Waals surface area contributed by atoms with Crippen molar-refractivity contribution in [3.63, 3.8) is 0 Å². The minimum atomic E-state index is 0.0632. The molecule has 0 saturated carbocycles. The van der Waals surface area contributed by atoms with Crippen LogP contribution in [0.3, 0.4) is 0 Å². The molecule has 0 aliphatic carbocycles. The van der Waals surface area contributed by atoms with Gasteiger partial charge in [0, 0.05) is 33.3 Å². The van der Waals surface area contributed by atoms with Crippen LogP contribution in [0, 0.1) is 20.8 Å². The van der Waals surface area contributed by atoms with Crippen molar-refractivity contribution in [1.29, 1.82) is 0 Å². The van der Waals surface area contributed by atoms with E-state index < -0.39 is 0 Å². The maximum atomic E-state index is 6.32. The van der Waals surface area contributed by atoms with Gasteiger partial charge in [0.05, 0.1) is 0 Å². The molecule has 3 rings (SSSR count). The number of fused-ring (bicyclic) bond motifs is 1. The summed E-state index contributed by atoms with van der Waals surface area (Å²) in [5, 5.41) is 0. The summed E-state index contributed by atoms with van der Waals surface area (Å²) in [4.78, 5) is 2.67. The zero-order valence-electron chi connectivity index (χ0n) is 11.6. The van der Waals surface area contributed by atoms with E-state index in [0.717, 1.165) is 17.7 Å². The lowest BCUT2D eigenvalue weighted by Crippen LogP contribution is -2.24. The molecule has 0 amide bonds. The van der Waals surface area contributed by atoms with Gasteiger partial charge in [-0.05, 0) is 32.9 Å². The Hall–Kier alpha value is -1.32. The fourth-order valence-corrected chi connectivity index (χ4v) is 3.76. The van der Waals surface area contributed by atoms with Crippen LogP contribution in [0.25, 0.3) is 0 Å². The van der Waals surface area contributed by atoms with E-state index in [4.69, 9.17) is 10.5 Å². The number of thiophene rings is 1. The van der Waals surface area contributed by atoms with Crippen LogP contribution in [0.1, 0.15) is 45.0 Å². The third-order valence-electron chi connectivity index (χ3n) is 3.73. The van der Waals surface area contributed by atoms with Crippen LogP contribution in [-0.2, 0) is 0 Å². The smallest absolute Gasteiger partial charge is 0.127 e. The molecule has 0 fully saturated rings. The molecule has 0 spiro atoms. The van der Waals surface area contributed by atoms with Gasteiger partial charge >= 0.3 is 0 Å². The van der Waals surface area contributed by atoms with E-state index in [0.29, 0.717) is 0 Å². The van der Waals surface area contributed by atoms with E-state index >= 15 is 0 Å². The van der Waals surface area contributed by atoms with Crippen molar-refractivity contribution < 1.29 is 4.74 Å². The second-order valence-corrected chi connectivity index (χ2v) is 6.82. The molecule has 0 bridgehead atoms. The lowest BCUT2D eigenvalue weighted by atomic mass is 9.93. The normalized spacial score (nSPS) is 21.9. The molecule has 1 unspecified atom stereocenters. The Bertz CT molecular complexity index is 617. The lowest BCUT2D eigenvalue weighted by molar-refractivity contribution is 0.161. The summed E-state index contributed by atoms with van der Waals surface area (Å²) in [5.74, 6) is 0.942. The number of nitrogens with two attached hydrogens (primary N) is 1. The van der Waals surface area contributed by atoms with Crippen molar-refractivity contribution in [1.82, 2.24) is 0 Å². The molecule has 1 aromatic heterocycles. The minimum absolute atomic E-state index is 0.0632. The van der Waals surface area contributed by atoms with Gasteiger partial charge in [0.1, 0.15) is 11.9 Å². The van der Waals surface area contributed by atoms with Crippen molar-refractivity contribution in [3.05, 3.63) is 50.7 Å². The van der Waals surface area contributed by atoms with Crippen LogP contribution in [0.15, 0.2) is 24.3 Å². The van der Waals surface area contributed by atoms with Gasteiger partial charge in [-0.2, -0.15) is 0 Å². The lowest BCUT2D eigenvalue weighted by Gasteiger charge is -2.30. The number of rotatable bonds is 1. The molecule has 1 aliphatic rings. The Kier molecular flexibility index (Phi) is 3.11. The molecule has 2 heterocycles. The van der Waals surface area contributed by atoms with Gasteiger partial charge in [-0.1, -0.05) is 17.7 Å². The fourth-order valence-electron chi connectivity index (χ4n) is 2.78. The first-order chi connectivity index (χ1) is 9.04.